The maximum Gasteiger partial charge on any atom is 0.337 e. The van der Waals surface area contributed by atoms with Crippen molar-refractivity contribution < 1.29 is 9.53 Å². The molecule has 0 unspecified atom stereocenters. The average molecular weight is 335 g/mol. The Morgan fingerprint density at radius 1 is 1.14 bits per heavy atom. The number of hydrogen-bond acceptors (Lipinski definition) is 3. The summed E-state index contributed by atoms with van der Waals surface area (Å²) in [5, 5.41) is 6.87. The van der Waals surface area contributed by atoms with Gasteiger partial charge in [-0.1, -0.05) is 29.3 Å². The van der Waals surface area contributed by atoms with Crippen molar-refractivity contribution in [3.8, 4) is 0 Å². The molecule has 0 aliphatic rings. The van der Waals surface area contributed by atoms with Crippen molar-refractivity contribution in [2.75, 3.05) is 17.7 Å². The van der Waals surface area contributed by atoms with E-state index >= 15 is 0 Å². The van der Waals surface area contributed by atoms with Crippen LogP contribution in [0.25, 0.3) is 0 Å². The minimum absolute atomic E-state index is 0.382. The fourth-order valence-corrected chi connectivity index (χ4v) is 2.18. The van der Waals surface area contributed by atoms with E-state index in [2.05, 4.69) is 15.4 Å². The fraction of sp³-hybridized carbons (Fsp3) is 0.125. The van der Waals surface area contributed by atoms with E-state index in [1.54, 1.807) is 18.2 Å². The molecule has 2 rings (SSSR count). The number of ether oxygens (including phenoxy) is 1. The lowest BCUT2D eigenvalue weighted by Crippen LogP contribution is -2.19. The highest BCUT2D eigenvalue weighted by Crippen LogP contribution is 2.23. The quantitative estimate of drug-likeness (QED) is 0.649. The number of methoxy groups -OCH3 is 1. The molecule has 0 heterocycles. The van der Waals surface area contributed by atoms with Crippen molar-refractivity contribution in [1.29, 1.82) is 0 Å². The molecule has 0 radical (unpaired) electrons. The molecule has 0 saturated heterocycles. The maximum atomic E-state index is 11.5. The topological polar surface area (TPSA) is 50.4 Å². The lowest BCUT2D eigenvalue weighted by molar-refractivity contribution is 0.0601. The third kappa shape index (κ3) is 4.19. The molecule has 0 aliphatic heterocycles. The molecule has 0 amide bonds. The summed E-state index contributed by atoms with van der Waals surface area (Å²) in [4.78, 5) is 11.5. The Morgan fingerprint density at radius 2 is 1.82 bits per heavy atom. The normalized spacial score (nSPS) is 9.95. The summed E-state index contributed by atoms with van der Waals surface area (Å²) in [6.07, 6.45) is 0. The summed E-state index contributed by atoms with van der Waals surface area (Å²) in [6.45, 7) is 2.01. The number of hydrogen-bond donors (Lipinski definition) is 2. The number of esters is 1. The monoisotopic (exact) mass is 334 g/mol. The van der Waals surface area contributed by atoms with Crippen LogP contribution < -0.4 is 10.6 Å². The van der Waals surface area contributed by atoms with Gasteiger partial charge in [0.15, 0.2) is 5.11 Å². The zero-order chi connectivity index (χ0) is 16.1. The van der Waals surface area contributed by atoms with E-state index in [0.717, 1.165) is 5.69 Å². The highest BCUT2D eigenvalue weighted by atomic mass is 35.5. The minimum atomic E-state index is -0.433. The van der Waals surface area contributed by atoms with Crippen LogP contribution in [-0.4, -0.2) is 18.2 Å². The summed E-state index contributed by atoms with van der Waals surface area (Å²) in [5.74, 6) is -0.433. The molecule has 0 aromatic heterocycles. The molecule has 22 heavy (non-hydrogen) atoms. The number of thiocarbonyl (C=S) groups is 1. The molecular weight excluding hydrogens is 320 g/mol. The molecule has 2 aromatic carbocycles. The van der Waals surface area contributed by atoms with Crippen LogP contribution in [-0.2, 0) is 4.74 Å². The van der Waals surface area contributed by atoms with Crippen LogP contribution in [0.15, 0.2) is 42.5 Å². The lowest BCUT2D eigenvalue weighted by Gasteiger charge is -2.12. The lowest BCUT2D eigenvalue weighted by atomic mass is 10.2. The van der Waals surface area contributed by atoms with E-state index in [9.17, 15) is 4.79 Å². The minimum Gasteiger partial charge on any atom is -0.465 e. The molecule has 114 valence electrons. The number of nitrogens with one attached hydrogen (secondary N) is 2. The highest BCUT2D eigenvalue weighted by Gasteiger charge is 2.10. The van der Waals surface area contributed by atoms with Gasteiger partial charge < -0.3 is 15.4 Å². The number of carbonyl (C=O) groups excluding carboxylic acids is 1. The Kier molecular flexibility index (Phi) is 5.35. The largest absolute Gasteiger partial charge is 0.465 e. The maximum absolute atomic E-state index is 11.5. The van der Waals surface area contributed by atoms with Gasteiger partial charge in [-0.05, 0) is 49.5 Å². The van der Waals surface area contributed by atoms with Crippen molar-refractivity contribution in [3.63, 3.8) is 0 Å². The van der Waals surface area contributed by atoms with Crippen LogP contribution in [0, 0.1) is 6.92 Å². The van der Waals surface area contributed by atoms with Gasteiger partial charge in [-0.25, -0.2) is 4.79 Å². The molecule has 0 spiro atoms. The number of carbonyl (C=O) groups is 1. The van der Waals surface area contributed by atoms with Crippen LogP contribution in [0.2, 0.25) is 5.02 Å². The van der Waals surface area contributed by atoms with Crippen LogP contribution >= 0.6 is 23.8 Å². The van der Waals surface area contributed by atoms with Gasteiger partial charge in [-0.2, -0.15) is 0 Å². The van der Waals surface area contributed by atoms with E-state index in [1.807, 2.05) is 31.2 Å². The predicted octanol–water partition coefficient (Wildman–Crippen LogP) is 4.24. The molecule has 0 saturated carbocycles. The van der Waals surface area contributed by atoms with E-state index in [4.69, 9.17) is 23.8 Å². The van der Waals surface area contributed by atoms with Crippen LogP contribution in [0.3, 0.4) is 0 Å². The summed E-state index contributed by atoms with van der Waals surface area (Å²) in [7, 11) is 1.33. The zero-order valence-electron chi connectivity index (χ0n) is 12.1. The number of rotatable bonds is 3. The Balaban J connectivity index is 2.10. The molecule has 6 heteroatoms. The molecule has 4 nitrogen and oxygen atoms in total. The van der Waals surface area contributed by atoms with Crippen LogP contribution in [0.4, 0.5) is 11.4 Å². The van der Waals surface area contributed by atoms with Gasteiger partial charge in [-0.15, -0.1) is 0 Å². The highest BCUT2D eigenvalue weighted by molar-refractivity contribution is 7.80. The Bertz CT molecular complexity index is 702. The molecule has 2 aromatic rings. The fourth-order valence-electron chi connectivity index (χ4n) is 1.79. The second-order valence-corrected chi connectivity index (χ2v) is 5.45. The van der Waals surface area contributed by atoms with Crippen molar-refractivity contribution in [2.24, 2.45) is 0 Å². The Labute approximate surface area is 139 Å². The summed E-state index contributed by atoms with van der Waals surface area (Å²) in [6, 6.07) is 12.6. The van der Waals surface area contributed by atoms with E-state index in [-0.39, 0.29) is 0 Å². The standard InChI is InChI=1S/C16H15ClN2O2S/c1-10-3-6-12(7-4-10)18-16(22)19-14-9-11(15(20)21-2)5-8-13(14)17/h3-9H,1-2H3,(H2,18,19,22). The molecule has 0 bridgehead atoms. The molecule has 2 N–H and O–H groups in total. The first-order valence-corrected chi connectivity index (χ1v) is 7.31. The first-order valence-electron chi connectivity index (χ1n) is 6.52. The molecule has 0 atom stereocenters. The van der Waals surface area contributed by atoms with Gasteiger partial charge in [0.1, 0.15) is 0 Å². The zero-order valence-corrected chi connectivity index (χ0v) is 13.7. The van der Waals surface area contributed by atoms with Gasteiger partial charge in [0, 0.05) is 5.69 Å². The first kappa shape index (κ1) is 16.3. The van der Waals surface area contributed by atoms with Gasteiger partial charge in [0.2, 0.25) is 0 Å². The van der Waals surface area contributed by atoms with Crippen molar-refractivity contribution >= 4 is 46.3 Å². The number of benzene rings is 2. The molecule has 0 aliphatic carbocycles. The van der Waals surface area contributed by atoms with Gasteiger partial charge >= 0.3 is 5.97 Å². The van der Waals surface area contributed by atoms with Crippen LogP contribution in [0.5, 0.6) is 0 Å². The summed E-state index contributed by atoms with van der Waals surface area (Å²) >= 11 is 11.4. The van der Waals surface area contributed by atoms with Gasteiger partial charge in [0.25, 0.3) is 0 Å². The number of halogens is 1. The van der Waals surface area contributed by atoms with E-state index < -0.39 is 5.97 Å². The number of anilines is 2. The molecule has 0 fully saturated rings. The number of aryl methyl sites for hydroxylation is 1. The van der Waals surface area contributed by atoms with E-state index in [1.165, 1.54) is 12.7 Å². The summed E-state index contributed by atoms with van der Waals surface area (Å²) in [5.41, 5.74) is 2.96. The van der Waals surface area contributed by atoms with E-state index in [0.29, 0.717) is 21.4 Å². The van der Waals surface area contributed by atoms with Crippen molar-refractivity contribution in [2.45, 2.75) is 6.92 Å². The third-order valence-corrected chi connectivity index (χ3v) is 3.48. The predicted molar refractivity (Wildman–Crippen MR) is 93.8 cm³/mol. The van der Waals surface area contributed by atoms with Crippen molar-refractivity contribution in [1.82, 2.24) is 0 Å². The SMILES string of the molecule is COC(=O)c1ccc(Cl)c(NC(=S)Nc2ccc(C)cc2)c1. The smallest absolute Gasteiger partial charge is 0.337 e. The second-order valence-electron chi connectivity index (χ2n) is 4.63. The first-order chi connectivity index (χ1) is 10.5. The average Bonchev–Trinajstić information content (AvgIpc) is 2.51. The second kappa shape index (κ2) is 7.24. The molecular formula is C16H15ClN2O2S. The van der Waals surface area contributed by atoms with Crippen molar-refractivity contribution in [3.05, 3.63) is 58.6 Å². The third-order valence-electron chi connectivity index (χ3n) is 2.95. The van der Waals surface area contributed by atoms with Gasteiger partial charge in [0.05, 0.1) is 23.4 Å². The Hall–Kier alpha value is -2.11. The van der Waals surface area contributed by atoms with Crippen LogP contribution in [0.1, 0.15) is 15.9 Å². The summed E-state index contributed by atoms with van der Waals surface area (Å²) < 4.78 is 4.68. The Morgan fingerprint density at radius 3 is 2.45 bits per heavy atom. The van der Waals surface area contributed by atoms with Gasteiger partial charge in [-0.3, -0.25) is 0 Å².